The maximum Gasteiger partial charge on any atom is 0.118 e. The minimum absolute atomic E-state index is 0.440. The molecule has 0 amide bonds. The van der Waals surface area contributed by atoms with Crippen LogP contribution in [0.2, 0.25) is 0 Å². The normalized spacial score (nSPS) is 32.8. The molecule has 0 aliphatic heterocycles. The second-order valence-electron chi connectivity index (χ2n) is 8.65. The molecule has 2 fully saturated rings. The zero-order chi connectivity index (χ0) is 17.2. The van der Waals surface area contributed by atoms with E-state index in [0.717, 1.165) is 30.0 Å². The second kappa shape index (κ2) is 7.47. The van der Waals surface area contributed by atoms with Crippen LogP contribution in [0, 0.1) is 17.8 Å². The van der Waals surface area contributed by atoms with Gasteiger partial charge in [-0.15, -0.1) is 0 Å². The van der Waals surface area contributed by atoms with Gasteiger partial charge in [-0.05, 0) is 80.5 Å². The van der Waals surface area contributed by atoms with E-state index in [4.69, 9.17) is 4.74 Å². The van der Waals surface area contributed by atoms with Crippen LogP contribution in [0.5, 0.6) is 5.75 Å². The fourth-order valence-electron chi connectivity index (χ4n) is 5.74. The summed E-state index contributed by atoms with van der Waals surface area (Å²) in [7, 11) is 1.74. The zero-order valence-electron chi connectivity index (χ0n) is 16.1. The molecule has 2 unspecified atom stereocenters. The summed E-state index contributed by atoms with van der Waals surface area (Å²) in [4.78, 5) is 2.84. The molecule has 1 aromatic carbocycles. The Hall–Kier alpha value is -1.02. The Morgan fingerprint density at radius 2 is 1.67 bits per heavy atom. The Balaban J connectivity index is 1.82. The number of hydrogen-bond acceptors (Lipinski definition) is 2. The smallest absolute Gasteiger partial charge is 0.118 e. The Kier molecular flexibility index (Phi) is 5.54. The highest BCUT2D eigenvalue weighted by Crippen LogP contribution is 2.50. The van der Waals surface area contributed by atoms with Gasteiger partial charge in [-0.2, -0.15) is 0 Å². The molecule has 1 aromatic rings. The highest BCUT2D eigenvalue weighted by molar-refractivity contribution is 5.27. The average molecular weight is 330 g/mol. The summed E-state index contributed by atoms with van der Waals surface area (Å²) < 4.78 is 5.32. The molecule has 0 N–H and O–H groups in total. The van der Waals surface area contributed by atoms with Gasteiger partial charge >= 0.3 is 0 Å². The molecule has 2 aliphatic carbocycles. The standard InChI is InChI=1S/C22H35NO/c1-5-10-23(16-19-6-8-21(24-4)9-7-19)22-13-17(2)11-20(15-22)12-18(3)14-22/h6-9,17-18,20H,5,10-16H2,1-4H3. The van der Waals surface area contributed by atoms with Gasteiger partial charge in [-0.25, -0.2) is 0 Å². The molecule has 2 atom stereocenters. The zero-order valence-corrected chi connectivity index (χ0v) is 16.1. The molecule has 0 aromatic heterocycles. The average Bonchev–Trinajstić information content (AvgIpc) is 2.53. The van der Waals surface area contributed by atoms with Gasteiger partial charge in [0.25, 0.3) is 0 Å². The van der Waals surface area contributed by atoms with E-state index in [0.29, 0.717) is 5.54 Å². The highest BCUT2D eigenvalue weighted by atomic mass is 16.5. The van der Waals surface area contributed by atoms with Crippen molar-refractivity contribution in [3.63, 3.8) is 0 Å². The van der Waals surface area contributed by atoms with Crippen molar-refractivity contribution in [2.24, 2.45) is 17.8 Å². The summed E-state index contributed by atoms with van der Waals surface area (Å²) in [5.41, 5.74) is 1.86. The third kappa shape index (κ3) is 3.79. The van der Waals surface area contributed by atoms with Crippen LogP contribution >= 0.6 is 0 Å². The first-order chi connectivity index (χ1) is 11.5. The van der Waals surface area contributed by atoms with Gasteiger partial charge in [0.1, 0.15) is 5.75 Å². The number of methoxy groups -OCH3 is 1. The number of benzene rings is 1. The summed E-state index contributed by atoms with van der Waals surface area (Å²) in [5.74, 6) is 3.67. The van der Waals surface area contributed by atoms with E-state index in [2.05, 4.69) is 49.9 Å². The van der Waals surface area contributed by atoms with Crippen molar-refractivity contribution < 1.29 is 4.74 Å². The highest BCUT2D eigenvalue weighted by Gasteiger charge is 2.47. The van der Waals surface area contributed by atoms with E-state index in [1.54, 1.807) is 7.11 Å². The Morgan fingerprint density at radius 1 is 1.04 bits per heavy atom. The predicted molar refractivity (Wildman–Crippen MR) is 101 cm³/mol. The topological polar surface area (TPSA) is 12.5 Å². The number of ether oxygens (including phenoxy) is 1. The van der Waals surface area contributed by atoms with E-state index < -0.39 is 0 Å². The first-order valence-electron chi connectivity index (χ1n) is 9.92. The summed E-state index contributed by atoms with van der Waals surface area (Å²) in [5, 5.41) is 0. The molecule has 2 saturated carbocycles. The van der Waals surface area contributed by atoms with Crippen LogP contribution in [-0.4, -0.2) is 24.1 Å². The molecule has 0 radical (unpaired) electrons. The molecule has 134 valence electrons. The SMILES string of the molecule is CCCN(Cc1ccc(OC)cc1)C12CC(C)CC(CC(C)C1)C2. The maximum absolute atomic E-state index is 5.32. The lowest BCUT2D eigenvalue weighted by atomic mass is 9.60. The molecule has 3 rings (SSSR count). The van der Waals surface area contributed by atoms with Gasteiger partial charge in [0.05, 0.1) is 7.11 Å². The first-order valence-corrected chi connectivity index (χ1v) is 9.92. The molecule has 2 aliphatic rings. The fraction of sp³-hybridized carbons (Fsp3) is 0.727. The van der Waals surface area contributed by atoms with Crippen LogP contribution in [0.25, 0.3) is 0 Å². The maximum atomic E-state index is 5.32. The lowest BCUT2D eigenvalue weighted by Gasteiger charge is -2.55. The molecule has 24 heavy (non-hydrogen) atoms. The molecular formula is C22H35NO. The minimum Gasteiger partial charge on any atom is -0.497 e. The molecule has 0 spiro atoms. The van der Waals surface area contributed by atoms with E-state index in [-0.39, 0.29) is 0 Å². The van der Waals surface area contributed by atoms with Crippen molar-refractivity contribution in [3.05, 3.63) is 29.8 Å². The van der Waals surface area contributed by atoms with Crippen molar-refractivity contribution in [1.29, 1.82) is 0 Å². The van der Waals surface area contributed by atoms with Crippen LogP contribution in [0.3, 0.4) is 0 Å². The lowest BCUT2D eigenvalue weighted by Crippen LogP contribution is -2.56. The number of rotatable bonds is 6. The van der Waals surface area contributed by atoms with Gasteiger partial charge < -0.3 is 4.74 Å². The molecule has 0 saturated heterocycles. The molecule has 0 heterocycles. The van der Waals surface area contributed by atoms with E-state index in [1.165, 1.54) is 50.6 Å². The van der Waals surface area contributed by atoms with Crippen LogP contribution in [0.15, 0.2) is 24.3 Å². The summed E-state index contributed by atoms with van der Waals surface area (Å²) in [6, 6.07) is 8.70. The molecular weight excluding hydrogens is 294 g/mol. The van der Waals surface area contributed by atoms with Crippen LogP contribution in [0.1, 0.15) is 64.9 Å². The van der Waals surface area contributed by atoms with Crippen LogP contribution in [0.4, 0.5) is 0 Å². The van der Waals surface area contributed by atoms with Gasteiger partial charge in [-0.3, -0.25) is 4.90 Å². The third-order valence-corrected chi connectivity index (χ3v) is 6.29. The summed E-state index contributed by atoms with van der Waals surface area (Å²) in [6.45, 7) is 9.60. The Labute approximate surface area is 148 Å². The second-order valence-corrected chi connectivity index (χ2v) is 8.65. The van der Waals surface area contributed by atoms with Gasteiger partial charge in [0.15, 0.2) is 0 Å². The van der Waals surface area contributed by atoms with Crippen molar-refractivity contribution in [1.82, 2.24) is 4.90 Å². The third-order valence-electron chi connectivity index (χ3n) is 6.29. The fourth-order valence-corrected chi connectivity index (χ4v) is 5.74. The van der Waals surface area contributed by atoms with Gasteiger partial charge in [0.2, 0.25) is 0 Å². The van der Waals surface area contributed by atoms with Crippen molar-refractivity contribution in [2.75, 3.05) is 13.7 Å². The largest absolute Gasteiger partial charge is 0.497 e. The quantitative estimate of drug-likeness (QED) is 0.682. The van der Waals surface area contributed by atoms with Gasteiger partial charge in [0, 0.05) is 12.1 Å². The summed E-state index contributed by atoms with van der Waals surface area (Å²) in [6.07, 6.45) is 8.36. The molecule has 2 heteroatoms. The first kappa shape index (κ1) is 17.8. The predicted octanol–water partition coefficient (Wildman–Crippen LogP) is 5.51. The molecule has 2 bridgehead atoms. The molecule has 2 nitrogen and oxygen atoms in total. The Bertz CT molecular complexity index is 504. The lowest BCUT2D eigenvalue weighted by molar-refractivity contribution is -0.0448. The van der Waals surface area contributed by atoms with E-state index in [9.17, 15) is 0 Å². The monoisotopic (exact) mass is 329 g/mol. The van der Waals surface area contributed by atoms with Crippen LogP contribution in [-0.2, 0) is 6.54 Å². The number of fused-ring (bicyclic) bond motifs is 2. The number of hydrogen-bond donors (Lipinski definition) is 0. The van der Waals surface area contributed by atoms with Crippen LogP contribution < -0.4 is 4.74 Å². The number of nitrogens with zero attached hydrogens (tertiary/aromatic N) is 1. The van der Waals surface area contributed by atoms with Crippen molar-refractivity contribution in [3.8, 4) is 5.75 Å². The van der Waals surface area contributed by atoms with E-state index in [1.807, 2.05) is 0 Å². The van der Waals surface area contributed by atoms with Gasteiger partial charge in [-0.1, -0.05) is 32.9 Å². The minimum atomic E-state index is 0.440. The van der Waals surface area contributed by atoms with Crippen molar-refractivity contribution in [2.45, 2.75) is 71.4 Å². The van der Waals surface area contributed by atoms with Crippen molar-refractivity contribution >= 4 is 0 Å². The Morgan fingerprint density at radius 3 is 2.21 bits per heavy atom. The summed E-state index contributed by atoms with van der Waals surface area (Å²) >= 11 is 0. The van der Waals surface area contributed by atoms with E-state index >= 15 is 0 Å².